The van der Waals surface area contributed by atoms with Crippen molar-refractivity contribution in [2.45, 2.75) is 79.6 Å². The van der Waals surface area contributed by atoms with Crippen LogP contribution in [0.25, 0.3) is 0 Å². The fraction of sp³-hybridized carbons (Fsp3) is 0.750. The Morgan fingerprint density at radius 1 is 0.667 bits per heavy atom. The monoisotopic (exact) mass is 506 g/mol. The van der Waals surface area contributed by atoms with Gasteiger partial charge in [-0.15, -0.1) is 0 Å². The molecule has 0 aromatic carbocycles. The first-order valence-electron chi connectivity index (χ1n) is 13.5. The Bertz CT molecular complexity index is 879. The molecule has 0 amide bonds. The van der Waals surface area contributed by atoms with Crippen LogP contribution in [0.3, 0.4) is 0 Å². The molecule has 2 fully saturated rings. The molecule has 2 aliphatic rings. The third-order valence-electron chi connectivity index (χ3n) is 6.97. The molecule has 0 atom stereocenters. The van der Waals surface area contributed by atoms with E-state index in [2.05, 4.69) is 98.4 Å². The first-order valence-corrected chi connectivity index (χ1v) is 13.5. The van der Waals surface area contributed by atoms with Gasteiger partial charge in [0.25, 0.3) is 0 Å². The molecule has 0 radical (unpaired) electrons. The summed E-state index contributed by atoms with van der Waals surface area (Å²) in [5, 5.41) is 0. The van der Waals surface area contributed by atoms with Crippen LogP contribution in [0.15, 0.2) is 24.8 Å². The van der Waals surface area contributed by atoms with Gasteiger partial charge in [-0.05, 0) is 55.4 Å². The van der Waals surface area contributed by atoms with Crippen LogP contribution < -0.4 is 20.6 Å². The van der Waals surface area contributed by atoms with Crippen LogP contribution in [-0.4, -0.2) is 62.3 Å². The molecule has 0 unspecified atom stereocenters. The van der Waals surface area contributed by atoms with Crippen molar-refractivity contribution in [3.63, 3.8) is 0 Å². The summed E-state index contributed by atoms with van der Waals surface area (Å²) in [6, 6.07) is 0.921. The van der Waals surface area contributed by atoms with Gasteiger partial charge in [0.05, 0.1) is 24.2 Å². The van der Waals surface area contributed by atoms with Crippen LogP contribution >= 0.6 is 0 Å². The Labute approximate surface area is 215 Å². The highest BCUT2D eigenvalue weighted by molar-refractivity contribution is 6.74. The molecule has 2 saturated heterocycles. The molecule has 4 heterocycles. The third-order valence-corrected chi connectivity index (χ3v) is 6.97. The average Bonchev–Trinajstić information content (AvgIpc) is 3.61. The van der Waals surface area contributed by atoms with Gasteiger partial charge in [-0.3, -0.25) is 18.3 Å². The van der Waals surface area contributed by atoms with E-state index in [9.17, 15) is 0 Å². The first-order chi connectivity index (χ1) is 17.1. The van der Waals surface area contributed by atoms with Gasteiger partial charge in [0.2, 0.25) is 0 Å². The standard InChI is InChI=1S/C24H44B2N4O6/c1-19(2)27-9-10-28(20(3)4)23(27)25(31-13-14-32-25)35-17-18-36-26(33-15-16-34-26)24-29(21(5)6)11-12-30(24)22(7)8/h9-12,19-22H,13-18H2,1-8H3. The molecule has 12 heteroatoms. The Kier molecular flexibility index (Phi) is 8.33. The van der Waals surface area contributed by atoms with Crippen molar-refractivity contribution < 1.29 is 37.1 Å². The quantitative estimate of drug-likeness (QED) is 0.260. The van der Waals surface area contributed by atoms with Gasteiger partial charge in [-0.1, -0.05) is 0 Å². The maximum Gasteiger partial charge on any atom is 0.491 e. The van der Waals surface area contributed by atoms with E-state index in [0.29, 0.717) is 26.4 Å². The van der Waals surface area contributed by atoms with Gasteiger partial charge in [-0.2, -0.15) is 0 Å². The molecule has 2 aliphatic heterocycles. The van der Waals surface area contributed by atoms with Crippen LogP contribution in [-0.2, 0) is 27.9 Å². The smallest absolute Gasteiger partial charge is 0.491 e. The number of rotatable bonds is 11. The Balaban J connectivity index is 1.56. The van der Waals surface area contributed by atoms with Gasteiger partial charge in [-0.25, -0.2) is 0 Å². The summed E-state index contributed by atoms with van der Waals surface area (Å²) in [7, 11) is 0. The van der Waals surface area contributed by atoms with Crippen LogP contribution in [0.5, 0.6) is 0 Å². The van der Waals surface area contributed by atoms with Crippen LogP contribution in [0.1, 0.15) is 79.6 Å². The topological polar surface area (TPSA) is 73.0 Å². The van der Waals surface area contributed by atoms with Crippen molar-refractivity contribution in [3.05, 3.63) is 24.8 Å². The van der Waals surface area contributed by atoms with Crippen molar-refractivity contribution >= 4 is 25.0 Å². The maximum absolute atomic E-state index is 6.43. The van der Waals surface area contributed by atoms with E-state index < -0.39 is 13.5 Å². The Hall–Kier alpha value is -1.69. The molecule has 2 aromatic heterocycles. The summed E-state index contributed by atoms with van der Waals surface area (Å²) in [6.45, 7) is 15.4. The van der Waals surface area contributed by atoms with Gasteiger partial charge in [0.15, 0.2) is 11.4 Å². The third kappa shape index (κ3) is 5.04. The Morgan fingerprint density at radius 2 is 1.00 bits per heavy atom. The van der Waals surface area contributed by atoms with Gasteiger partial charge in [0, 0.05) is 39.6 Å². The highest BCUT2D eigenvalue weighted by atomic mass is 16.8. The molecule has 10 nitrogen and oxygen atoms in total. The Morgan fingerprint density at radius 3 is 1.28 bits per heavy atom. The zero-order valence-corrected chi connectivity index (χ0v) is 23.3. The lowest BCUT2D eigenvalue weighted by Gasteiger charge is -2.37. The lowest BCUT2D eigenvalue weighted by molar-refractivity contribution is -0.701. The normalized spacial score (nSPS) is 19.6. The summed E-state index contributed by atoms with van der Waals surface area (Å²) < 4.78 is 46.3. The van der Waals surface area contributed by atoms with Gasteiger partial charge < -0.3 is 27.9 Å². The number of imidazole rings is 2. The molecule has 202 valence electrons. The second kappa shape index (κ2) is 11.0. The van der Waals surface area contributed by atoms with Crippen molar-refractivity contribution in [2.24, 2.45) is 0 Å². The molecule has 0 spiro atoms. The molecular weight excluding hydrogens is 462 g/mol. The highest BCUT2D eigenvalue weighted by Crippen LogP contribution is 2.20. The van der Waals surface area contributed by atoms with Crippen molar-refractivity contribution in [3.8, 4) is 0 Å². The molecule has 0 aliphatic carbocycles. The zero-order valence-electron chi connectivity index (χ0n) is 23.3. The minimum atomic E-state index is -2.12. The van der Waals surface area contributed by atoms with Crippen LogP contribution in [0, 0.1) is 0 Å². The van der Waals surface area contributed by atoms with E-state index in [1.807, 2.05) is 0 Å². The zero-order chi connectivity index (χ0) is 26.1. The molecule has 36 heavy (non-hydrogen) atoms. The lowest BCUT2D eigenvalue weighted by atomic mass is 9.75. The summed E-state index contributed by atoms with van der Waals surface area (Å²) in [5.41, 5.74) is 1.80. The molecule has 0 saturated carbocycles. The average molecular weight is 506 g/mol. The number of aromatic nitrogens is 4. The second-order valence-corrected chi connectivity index (χ2v) is 10.8. The second-order valence-electron chi connectivity index (χ2n) is 10.8. The minimum Gasteiger partial charge on any atom is -0.534 e. The first kappa shape index (κ1) is 27.3. The molecule has 0 N–H and O–H groups in total. The number of nitrogens with zero attached hydrogens (tertiary/aromatic N) is 4. The largest absolute Gasteiger partial charge is 0.534 e. The summed E-state index contributed by atoms with van der Waals surface area (Å²) in [6.07, 6.45) is 8.27. The summed E-state index contributed by atoms with van der Waals surface area (Å²) >= 11 is 0. The fourth-order valence-corrected chi connectivity index (χ4v) is 5.29. The SMILES string of the molecule is CC(C)n1cc[n+](C(C)C)c1[B-]1(OCCO[B-]2(c3n(C(C)C)cc[n+]3C(C)C)OCCO2)OCCO1. The maximum atomic E-state index is 6.43. The van der Waals surface area contributed by atoms with E-state index >= 15 is 0 Å². The predicted octanol–water partition coefficient (Wildman–Crippen LogP) is 1.31. The van der Waals surface area contributed by atoms with Gasteiger partial charge >= 0.3 is 13.5 Å². The van der Waals surface area contributed by atoms with Crippen molar-refractivity contribution in [2.75, 3.05) is 39.6 Å². The predicted molar refractivity (Wildman–Crippen MR) is 137 cm³/mol. The van der Waals surface area contributed by atoms with Crippen molar-refractivity contribution in [1.82, 2.24) is 9.13 Å². The van der Waals surface area contributed by atoms with E-state index in [4.69, 9.17) is 27.9 Å². The van der Waals surface area contributed by atoms with Gasteiger partial charge in [0.1, 0.15) is 24.8 Å². The van der Waals surface area contributed by atoms with E-state index in [-0.39, 0.29) is 37.4 Å². The van der Waals surface area contributed by atoms with E-state index in [1.54, 1.807) is 0 Å². The summed E-state index contributed by atoms with van der Waals surface area (Å²) in [5.74, 6) is 0. The molecular formula is C24H44B2N4O6. The lowest BCUT2D eigenvalue weighted by Crippen LogP contribution is -2.70. The summed E-state index contributed by atoms with van der Waals surface area (Å²) in [4.78, 5) is 0. The van der Waals surface area contributed by atoms with Crippen LogP contribution in [0.2, 0.25) is 0 Å². The van der Waals surface area contributed by atoms with E-state index in [0.717, 1.165) is 11.4 Å². The molecule has 4 rings (SSSR count). The van der Waals surface area contributed by atoms with Crippen LogP contribution in [0.4, 0.5) is 0 Å². The fourth-order valence-electron chi connectivity index (χ4n) is 5.29. The molecule has 0 bridgehead atoms. The number of hydrogen-bond donors (Lipinski definition) is 0. The van der Waals surface area contributed by atoms with Crippen molar-refractivity contribution in [1.29, 1.82) is 0 Å². The number of hydrogen-bond acceptors (Lipinski definition) is 6. The minimum absolute atomic E-state index is 0.230. The highest BCUT2D eigenvalue weighted by Gasteiger charge is 2.49. The molecule has 2 aromatic rings. The van der Waals surface area contributed by atoms with E-state index in [1.165, 1.54) is 0 Å².